The Balaban J connectivity index is 2.09. The van der Waals surface area contributed by atoms with Crippen molar-refractivity contribution >= 4 is 14.2 Å². The van der Waals surface area contributed by atoms with Gasteiger partial charge in [0.15, 0.2) is 8.32 Å². The molecule has 7 heteroatoms. The van der Waals surface area contributed by atoms with Crippen LogP contribution in [0.1, 0.15) is 62.1 Å². The van der Waals surface area contributed by atoms with Crippen molar-refractivity contribution in [2.24, 2.45) is 0 Å². The van der Waals surface area contributed by atoms with Crippen molar-refractivity contribution in [3.63, 3.8) is 0 Å². The van der Waals surface area contributed by atoms with E-state index in [1.54, 1.807) is 36.5 Å². The molecule has 31 heavy (non-hydrogen) atoms. The SMILES string of the molecule is CC1(C)Oc2ccc(C#N)cc2[C@@H](NC(=O)c2cccnc2)[C@@H]1O[Si](C)(C)C(C)(C)C. The zero-order valence-corrected chi connectivity index (χ0v) is 20.3. The molecular formula is C24H31N3O3Si. The Labute approximate surface area is 185 Å². The Kier molecular flexibility index (Phi) is 6.00. The van der Waals surface area contributed by atoms with Gasteiger partial charge in [-0.2, -0.15) is 5.26 Å². The predicted octanol–water partition coefficient (Wildman–Crippen LogP) is 4.99. The van der Waals surface area contributed by atoms with E-state index in [-0.39, 0.29) is 10.9 Å². The molecule has 0 spiro atoms. The molecule has 1 aromatic carbocycles. The summed E-state index contributed by atoms with van der Waals surface area (Å²) in [6, 6.07) is 10.5. The largest absolute Gasteiger partial charge is 0.485 e. The van der Waals surface area contributed by atoms with E-state index < -0.39 is 26.1 Å². The van der Waals surface area contributed by atoms with Crippen LogP contribution in [0.25, 0.3) is 0 Å². The van der Waals surface area contributed by atoms with Crippen molar-refractivity contribution in [3.8, 4) is 11.8 Å². The molecular weight excluding hydrogens is 406 g/mol. The van der Waals surface area contributed by atoms with E-state index in [4.69, 9.17) is 9.16 Å². The van der Waals surface area contributed by atoms with Gasteiger partial charge in [-0.05, 0) is 62.3 Å². The van der Waals surface area contributed by atoms with Crippen molar-refractivity contribution in [2.75, 3.05) is 0 Å². The van der Waals surface area contributed by atoms with Gasteiger partial charge in [0.2, 0.25) is 0 Å². The topological polar surface area (TPSA) is 84.2 Å². The zero-order valence-electron chi connectivity index (χ0n) is 19.3. The lowest BCUT2D eigenvalue weighted by Gasteiger charge is -2.49. The molecule has 2 aromatic rings. The fourth-order valence-corrected chi connectivity index (χ4v) is 4.85. The number of benzene rings is 1. The molecule has 1 aliphatic heterocycles. The number of carbonyl (C=O) groups excluding carboxylic acids is 1. The van der Waals surface area contributed by atoms with Crippen molar-refractivity contribution < 1.29 is 14.0 Å². The zero-order chi connectivity index (χ0) is 23.0. The van der Waals surface area contributed by atoms with Crippen LogP contribution >= 0.6 is 0 Å². The fraction of sp³-hybridized carbons (Fsp3) is 0.458. The first-order valence-corrected chi connectivity index (χ1v) is 13.4. The summed E-state index contributed by atoms with van der Waals surface area (Å²) >= 11 is 0. The number of nitriles is 1. The van der Waals surface area contributed by atoms with Crippen LogP contribution in [-0.4, -0.2) is 30.9 Å². The number of hydrogen-bond donors (Lipinski definition) is 1. The van der Waals surface area contributed by atoms with Gasteiger partial charge in [0.25, 0.3) is 5.91 Å². The molecule has 6 nitrogen and oxygen atoms in total. The van der Waals surface area contributed by atoms with Crippen LogP contribution in [0.4, 0.5) is 0 Å². The van der Waals surface area contributed by atoms with Crippen molar-refractivity contribution in [3.05, 3.63) is 59.4 Å². The number of hydrogen-bond acceptors (Lipinski definition) is 5. The second-order valence-corrected chi connectivity index (χ2v) is 14.8. The molecule has 2 heterocycles. The number of fused-ring (bicyclic) bond motifs is 1. The van der Waals surface area contributed by atoms with Crippen molar-refractivity contribution in [2.45, 2.75) is 70.5 Å². The van der Waals surface area contributed by atoms with E-state index in [2.05, 4.69) is 50.2 Å². The van der Waals surface area contributed by atoms with Gasteiger partial charge in [-0.1, -0.05) is 20.8 Å². The number of pyridine rings is 1. The fourth-order valence-electron chi connectivity index (χ4n) is 3.44. The van der Waals surface area contributed by atoms with Gasteiger partial charge in [0.1, 0.15) is 17.5 Å². The van der Waals surface area contributed by atoms with E-state index in [1.807, 2.05) is 13.8 Å². The summed E-state index contributed by atoms with van der Waals surface area (Å²) in [5.41, 5.74) is 1.03. The van der Waals surface area contributed by atoms with Crippen LogP contribution in [0.15, 0.2) is 42.7 Å². The minimum Gasteiger partial charge on any atom is -0.485 e. The first-order valence-electron chi connectivity index (χ1n) is 10.5. The Morgan fingerprint density at radius 3 is 2.58 bits per heavy atom. The molecule has 1 aliphatic rings. The molecule has 1 N–H and O–H groups in total. The summed E-state index contributed by atoms with van der Waals surface area (Å²) < 4.78 is 13.2. The van der Waals surface area contributed by atoms with Gasteiger partial charge in [0, 0.05) is 18.0 Å². The third kappa shape index (κ3) is 4.65. The Morgan fingerprint density at radius 1 is 1.29 bits per heavy atom. The van der Waals surface area contributed by atoms with Gasteiger partial charge in [0.05, 0.1) is 23.2 Å². The van der Waals surface area contributed by atoms with Crippen LogP contribution in [-0.2, 0) is 4.43 Å². The first-order chi connectivity index (χ1) is 14.4. The van der Waals surface area contributed by atoms with E-state index in [0.29, 0.717) is 16.9 Å². The molecule has 1 aromatic heterocycles. The number of amides is 1. The maximum atomic E-state index is 13.1. The number of aromatic nitrogens is 1. The highest BCUT2D eigenvalue weighted by Gasteiger charge is 2.50. The standard InChI is InChI=1S/C24H31N3O3Si/c1-23(2,3)31(6,7)30-21-20(27-22(28)17-9-8-12-26-15-17)18-13-16(14-25)10-11-19(18)29-24(21,4)5/h8-13,15,20-21H,1-7H3,(H,27,28)/t20-,21+/m1/s1. The van der Waals surface area contributed by atoms with E-state index in [0.717, 1.165) is 5.56 Å². The smallest absolute Gasteiger partial charge is 0.253 e. The molecule has 0 radical (unpaired) electrons. The lowest BCUT2D eigenvalue weighted by Crippen LogP contribution is -2.59. The van der Waals surface area contributed by atoms with Crippen LogP contribution < -0.4 is 10.1 Å². The van der Waals surface area contributed by atoms with Crippen molar-refractivity contribution in [1.29, 1.82) is 5.26 Å². The molecule has 164 valence electrons. The highest BCUT2D eigenvalue weighted by atomic mass is 28.4. The molecule has 0 aliphatic carbocycles. The third-order valence-electron chi connectivity index (χ3n) is 6.27. The number of nitrogens with zero attached hydrogens (tertiary/aromatic N) is 2. The highest BCUT2D eigenvalue weighted by Crippen LogP contribution is 2.46. The minimum absolute atomic E-state index is 0.0181. The Morgan fingerprint density at radius 2 is 2.00 bits per heavy atom. The van der Waals surface area contributed by atoms with Gasteiger partial charge >= 0.3 is 0 Å². The monoisotopic (exact) mass is 437 g/mol. The number of ether oxygens (including phenoxy) is 1. The van der Waals surface area contributed by atoms with Crippen LogP contribution in [0.5, 0.6) is 5.75 Å². The van der Waals surface area contributed by atoms with E-state index in [1.165, 1.54) is 6.20 Å². The van der Waals surface area contributed by atoms with Gasteiger partial charge in [-0.15, -0.1) is 0 Å². The van der Waals surface area contributed by atoms with Gasteiger partial charge in [-0.3, -0.25) is 9.78 Å². The molecule has 0 saturated carbocycles. The number of nitrogens with one attached hydrogen (secondary N) is 1. The van der Waals surface area contributed by atoms with Crippen LogP contribution in [0.3, 0.4) is 0 Å². The Hall–Kier alpha value is -2.69. The maximum absolute atomic E-state index is 13.1. The quantitative estimate of drug-likeness (QED) is 0.682. The average molecular weight is 438 g/mol. The van der Waals surface area contributed by atoms with Gasteiger partial charge in [-0.25, -0.2) is 0 Å². The summed E-state index contributed by atoms with van der Waals surface area (Å²) in [6.45, 7) is 14.9. The Bertz CT molecular complexity index is 1010. The summed E-state index contributed by atoms with van der Waals surface area (Å²) in [6.07, 6.45) is 2.73. The highest BCUT2D eigenvalue weighted by molar-refractivity contribution is 6.74. The second-order valence-electron chi connectivity index (χ2n) is 10.1. The second kappa shape index (κ2) is 8.10. The first kappa shape index (κ1) is 23.0. The molecule has 0 saturated heterocycles. The lowest BCUT2D eigenvalue weighted by molar-refractivity contribution is -0.0550. The summed E-state index contributed by atoms with van der Waals surface area (Å²) in [4.78, 5) is 17.2. The summed E-state index contributed by atoms with van der Waals surface area (Å²) in [7, 11) is -2.21. The van der Waals surface area contributed by atoms with E-state index >= 15 is 0 Å². The number of carbonyl (C=O) groups is 1. The third-order valence-corrected chi connectivity index (χ3v) is 10.7. The molecule has 0 fully saturated rings. The van der Waals surface area contributed by atoms with Crippen LogP contribution in [0, 0.1) is 11.3 Å². The molecule has 3 rings (SSSR count). The summed E-state index contributed by atoms with van der Waals surface area (Å²) in [5.74, 6) is 0.406. The van der Waals surface area contributed by atoms with E-state index in [9.17, 15) is 10.1 Å². The molecule has 1 amide bonds. The average Bonchev–Trinajstić information content (AvgIpc) is 2.69. The lowest BCUT2D eigenvalue weighted by atomic mass is 9.85. The predicted molar refractivity (Wildman–Crippen MR) is 122 cm³/mol. The normalized spacial score (nSPS) is 20.2. The molecule has 2 atom stereocenters. The number of rotatable bonds is 4. The molecule has 0 unspecified atom stereocenters. The van der Waals surface area contributed by atoms with Crippen LogP contribution in [0.2, 0.25) is 18.1 Å². The van der Waals surface area contributed by atoms with Gasteiger partial charge < -0.3 is 14.5 Å². The van der Waals surface area contributed by atoms with Crippen molar-refractivity contribution in [1.82, 2.24) is 10.3 Å². The molecule has 0 bridgehead atoms. The minimum atomic E-state index is -2.21. The maximum Gasteiger partial charge on any atom is 0.253 e. The summed E-state index contributed by atoms with van der Waals surface area (Å²) in [5, 5.41) is 12.6.